The van der Waals surface area contributed by atoms with E-state index in [4.69, 9.17) is 4.74 Å². The van der Waals surface area contributed by atoms with Crippen molar-refractivity contribution in [2.24, 2.45) is 0 Å². The van der Waals surface area contributed by atoms with Crippen LogP contribution in [0.4, 0.5) is 11.4 Å². The maximum Gasteiger partial charge on any atom is 0.307 e. The predicted octanol–water partition coefficient (Wildman–Crippen LogP) is 2.37. The minimum Gasteiger partial charge on any atom is -0.469 e. The summed E-state index contributed by atoms with van der Waals surface area (Å²) in [5, 5.41) is 11.2. The first-order valence-electron chi connectivity index (χ1n) is 6.24. The van der Waals surface area contributed by atoms with Gasteiger partial charge in [-0.1, -0.05) is 15.9 Å². The average molecular weight is 361 g/mol. The standard InChI is InChI=1S/C13H17BrN2O5/c1-20-8-7-15(6-5-13(17)21-2)11-4-3-10(14)9-12(11)16(18)19/h3-4,9H,5-8H2,1-2H3. The zero-order valence-corrected chi connectivity index (χ0v) is 13.5. The van der Waals surface area contributed by atoms with Crippen LogP contribution in [0.15, 0.2) is 22.7 Å². The van der Waals surface area contributed by atoms with E-state index in [9.17, 15) is 14.9 Å². The van der Waals surface area contributed by atoms with Crippen LogP contribution in [0, 0.1) is 10.1 Å². The van der Waals surface area contributed by atoms with E-state index >= 15 is 0 Å². The quantitative estimate of drug-likeness (QED) is 0.402. The number of nitro groups is 1. The summed E-state index contributed by atoms with van der Waals surface area (Å²) < 4.78 is 10.2. The van der Waals surface area contributed by atoms with Crippen LogP contribution in [-0.4, -0.2) is 44.8 Å². The van der Waals surface area contributed by atoms with Gasteiger partial charge >= 0.3 is 5.97 Å². The summed E-state index contributed by atoms with van der Waals surface area (Å²) in [6.07, 6.45) is 0.146. The number of rotatable bonds is 8. The van der Waals surface area contributed by atoms with Gasteiger partial charge in [0.05, 0.1) is 25.1 Å². The lowest BCUT2D eigenvalue weighted by atomic mass is 10.2. The number of nitrogens with zero attached hydrogens (tertiary/aromatic N) is 2. The third-order valence-electron chi connectivity index (χ3n) is 2.85. The molecule has 0 saturated carbocycles. The Labute approximate surface area is 131 Å². The summed E-state index contributed by atoms with van der Waals surface area (Å²) in [5.74, 6) is -0.364. The third-order valence-corrected chi connectivity index (χ3v) is 3.35. The number of esters is 1. The first-order chi connectivity index (χ1) is 9.99. The van der Waals surface area contributed by atoms with Gasteiger partial charge in [-0.2, -0.15) is 0 Å². The van der Waals surface area contributed by atoms with Crippen LogP contribution in [0.2, 0.25) is 0 Å². The predicted molar refractivity (Wildman–Crippen MR) is 81.5 cm³/mol. The van der Waals surface area contributed by atoms with Crippen LogP contribution in [-0.2, 0) is 14.3 Å². The van der Waals surface area contributed by atoms with Crippen molar-refractivity contribution in [2.75, 3.05) is 38.8 Å². The lowest BCUT2D eigenvalue weighted by Crippen LogP contribution is -2.30. The van der Waals surface area contributed by atoms with Crippen LogP contribution in [0.5, 0.6) is 0 Å². The number of benzene rings is 1. The molecular weight excluding hydrogens is 344 g/mol. The average Bonchev–Trinajstić information content (AvgIpc) is 2.47. The van der Waals surface area contributed by atoms with Crippen LogP contribution >= 0.6 is 15.9 Å². The Morgan fingerprint density at radius 3 is 2.67 bits per heavy atom. The van der Waals surface area contributed by atoms with E-state index in [2.05, 4.69) is 20.7 Å². The molecule has 1 aromatic rings. The molecule has 0 saturated heterocycles. The van der Waals surface area contributed by atoms with Gasteiger partial charge in [0, 0.05) is 30.7 Å². The highest BCUT2D eigenvalue weighted by Gasteiger charge is 2.20. The molecule has 1 aromatic carbocycles. The van der Waals surface area contributed by atoms with Gasteiger partial charge in [0.1, 0.15) is 5.69 Å². The van der Waals surface area contributed by atoms with Crippen LogP contribution < -0.4 is 4.90 Å². The van der Waals surface area contributed by atoms with E-state index in [1.54, 1.807) is 24.1 Å². The largest absolute Gasteiger partial charge is 0.469 e. The van der Waals surface area contributed by atoms with Gasteiger partial charge in [-0.15, -0.1) is 0 Å². The van der Waals surface area contributed by atoms with E-state index < -0.39 is 4.92 Å². The first-order valence-corrected chi connectivity index (χ1v) is 7.03. The van der Waals surface area contributed by atoms with Crippen LogP contribution in [0.1, 0.15) is 6.42 Å². The molecule has 0 heterocycles. The molecule has 0 aliphatic carbocycles. The van der Waals surface area contributed by atoms with Crippen LogP contribution in [0.25, 0.3) is 0 Å². The number of hydrogen-bond donors (Lipinski definition) is 0. The zero-order valence-electron chi connectivity index (χ0n) is 11.9. The molecule has 21 heavy (non-hydrogen) atoms. The molecule has 0 bridgehead atoms. The van der Waals surface area contributed by atoms with Gasteiger partial charge in [-0.25, -0.2) is 0 Å². The highest BCUT2D eigenvalue weighted by molar-refractivity contribution is 9.10. The number of hydrogen-bond acceptors (Lipinski definition) is 6. The van der Waals surface area contributed by atoms with Crippen molar-refractivity contribution in [1.82, 2.24) is 0 Å². The number of halogens is 1. The molecule has 8 heteroatoms. The van der Waals surface area contributed by atoms with Crippen molar-refractivity contribution >= 4 is 33.3 Å². The molecule has 0 amide bonds. The molecule has 0 radical (unpaired) electrons. The maximum absolute atomic E-state index is 11.3. The summed E-state index contributed by atoms with van der Waals surface area (Å²) >= 11 is 3.22. The van der Waals surface area contributed by atoms with Crippen LogP contribution in [0.3, 0.4) is 0 Å². The van der Waals surface area contributed by atoms with Crippen molar-refractivity contribution in [2.45, 2.75) is 6.42 Å². The van der Waals surface area contributed by atoms with Crippen molar-refractivity contribution in [3.63, 3.8) is 0 Å². The monoisotopic (exact) mass is 360 g/mol. The normalized spacial score (nSPS) is 10.2. The Kier molecular flexibility index (Phi) is 7.10. The minimum absolute atomic E-state index is 0.0228. The fourth-order valence-corrected chi connectivity index (χ4v) is 2.14. The second-order valence-electron chi connectivity index (χ2n) is 4.20. The van der Waals surface area contributed by atoms with Gasteiger partial charge in [-0.3, -0.25) is 14.9 Å². The van der Waals surface area contributed by atoms with Crippen molar-refractivity contribution in [1.29, 1.82) is 0 Å². The summed E-state index contributed by atoms with van der Waals surface area (Å²) in [6, 6.07) is 4.81. The Bertz CT molecular complexity index is 509. The molecule has 1 rings (SSSR count). The SMILES string of the molecule is COCCN(CCC(=O)OC)c1ccc(Br)cc1[N+](=O)[O-]. The Morgan fingerprint density at radius 2 is 2.10 bits per heavy atom. The first kappa shape index (κ1) is 17.4. The zero-order chi connectivity index (χ0) is 15.8. The maximum atomic E-state index is 11.3. The van der Waals surface area contributed by atoms with E-state index in [1.165, 1.54) is 13.2 Å². The number of carbonyl (C=O) groups is 1. The van der Waals surface area contributed by atoms with E-state index in [1.807, 2.05) is 0 Å². The van der Waals surface area contributed by atoms with Gasteiger partial charge in [0.25, 0.3) is 5.69 Å². The fourth-order valence-electron chi connectivity index (χ4n) is 1.79. The molecule has 0 N–H and O–H groups in total. The summed E-state index contributed by atoms with van der Waals surface area (Å²) in [6.45, 7) is 1.16. The molecule has 0 aliphatic rings. The third kappa shape index (κ3) is 5.31. The molecule has 7 nitrogen and oxygen atoms in total. The molecule has 0 aliphatic heterocycles. The second kappa shape index (κ2) is 8.58. The van der Waals surface area contributed by atoms with Gasteiger partial charge in [-0.05, 0) is 12.1 Å². The summed E-state index contributed by atoms with van der Waals surface area (Å²) in [5.41, 5.74) is 0.425. The van der Waals surface area contributed by atoms with Crippen molar-refractivity contribution < 1.29 is 19.2 Å². The number of carbonyl (C=O) groups excluding carboxylic acids is 1. The minimum atomic E-state index is -0.446. The van der Waals surface area contributed by atoms with E-state index in [0.29, 0.717) is 29.9 Å². The summed E-state index contributed by atoms with van der Waals surface area (Å²) in [7, 11) is 2.86. The summed E-state index contributed by atoms with van der Waals surface area (Å²) in [4.78, 5) is 23.7. The Balaban J connectivity index is 3.01. The molecular formula is C13H17BrN2O5. The van der Waals surface area contributed by atoms with E-state index in [0.717, 1.165) is 0 Å². The molecule has 116 valence electrons. The number of anilines is 1. The molecule has 0 unspecified atom stereocenters. The number of methoxy groups -OCH3 is 2. The number of ether oxygens (including phenoxy) is 2. The Morgan fingerprint density at radius 1 is 1.38 bits per heavy atom. The fraction of sp³-hybridized carbons (Fsp3) is 0.462. The topological polar surface area (TPSA) is 81.9 Å². The number of nitro benzene ring substituents is 1. The lowest BCUT2D eigenvalue weighted by Gasteiger charge is -2.23. The van der Waals surface area contributed by atoms with E-state index in [-0.39, 0.29) is 18.1 Å². The molecule has 0 fully saturated rings. The molecule has 0 atom stereocenters. The van der Waals surface area contributed by atoms with Gasteiger partial charge in [0.2, 0.25) is 0 Å². The molecule has 0 aromatic heterocycles. The van der Waals surface area contributed by atoms with Gasteiger partial charge < -0.3 is 14.4 Å². The smallest absolute Gasteiger partial charge is 0.307 e. The van der Waals surface area contributed by atoms with Crippen molar-refractivity contribution in [3.05, 3.63) is 32.8 Å². The lowest BCUT2D eigenvalue weighted by molar-refractivity contribution is -0.384. The molecule has 0 spiro atoms. The highest BCUT2D eigenvalue weighted by Crippen LogP contribution is 2.31. The van der Waals surface area contributed by atoms with Gasteiger partial charge in [0.15, 0.2) is 0 Å². The highest BCUT2D eigenvalue weighted by atomic mass is 79.9. The second-order valence-corrected chi connectivity index (χ2v) is 5.11. The Hall–Kier alpha value is -1.67. The van der Waals surface area contributed by atoms with Crippen molar-refractivity contribution in [3.8, 4) is 0 Å².